The van der Waals surface area contributed by atoms with Gasteiger partial charge in [-0.05, 0) is 97.8 Å². The first-order valence-corrected chi connectivity index (χ1v) is 29.1. The number of carbonyl (C=O) groups is 2. The van der Waals surface area contributed by atoms with Gasteiger partial charge in [0.2, 0.25) is 0 Å². The molecule has 1 saturated heterocycles. The standard InChI is InChI=1S/C61H88F3N5O15/c1-73-24-25-77-32-33-81-38-39-83-42-43-84-41-40-82-37-36-80-31-28-76-23-18-66-58(70)16-22-75-27-30-79-35-34-78-29-26-74-21-7-10-49-8-5-11-51(44-49)60(72)68-56-14-13-54(69-19-3-2-4-20-69)47-55(56)57-46-52(15-17-65-57)59(71)67-48-50-9-6-12-53(45-50)61(62,63)64/h5-6,8-9,11-15,17,44-47,58,66,70H,2-4,7,10,16,18-43,48H2,1H3,(H,67,71)(H,68,72). The number of carbonyl (C=O) groups excluding carboxylic acids is 2. The van der Waals surface area contributed by atoms with Crippen molar-refractivity contribution in [3.05, 3.63) is 113 Å². The molecule has 2 amide bonds. The number of rotatable bonds is 48. The average molecular weight is 1190 g/mol. The fraction of sp³-hybridized carbons (Fsp3) is 0.590. The molecule has 1 aliphatic heterocycles. The number of anilines is 2. The minimum Gasteiger partial charge on any atom is -0.382 e. The molecule has 4 aromatic rings. The van der Waals surface area contributed by atoms with Crippen LogP contribution < -0.4 is 20.9 Å². The summed E-state index contributed by atoms with van der Waals surface area (Å²) in [6, 6.07) is 21.2. The number of piperidine rings is 1. The second kappa shape index (κ2) is 43.4. The van der Waals surface area contributed by atoms with Gasteiger partial charge < -0.3 is 77.5 Å². The van der Waals surface area contributed by atoms with Crippen molar-refractivity contribution in [2.24, 2.45) is 0 Å². The first kappa shape index (κ1) is 69.6. The van der Waals surface area contributed by atoms with E-state index in [0.717, 1.165) is 62.2 Å². The number of halogens is 3. The van der Waals surface area contributed by atoms with Gasteiger partial charge in [0.05, 0.1) is 162 Å². The molecule has 2 heterocycles. The normalized spacial score (nSPS) is 13.1. The second-order valence-corrected chi connectivity index (χ2v) is 19.3. The van der Waals surface area contributed by atoms with Gasteiger partial charge in [-0.3, -0.25) is 19.9 Å². The van der Waals surface area contributed by atoms with E-state index in [2.05, 4.69) is 25.8 Å². The number of pyridine rings is 1. The van der Waals surface area contributed by atoms with Gasteiger partial charge in [-0.2, -0.15) is 13.2 Å². The highest BCUT2D eigenvalue weighted by atomic mass is 19.4. The number of nitrogens with zero attached hydrogens (tertiary/aromatic N) is 2. The van der Waals surface area contributed by atoms with E-state index < -0.39 is 23.9 Å². The number of amides is 2. The lowest BCUT2D eigenvalue weighted by Crippen LogP contribution is -2.33. The predicted molar refractivity (Wildman–Crippen MR) is 311 cm³/mol. The van der Waals surface area contributed by atoms with Crippen LogP contribution in [0.2, 0.25) is 0 Å². The van der Waals surface area contributed by atoms with Gasteiger partial charge in [0.25, 0.3) is 11.8 Å². The molecule has 5 rings (SSSR count). The van der Waals surface area contributed by atoms with Crippen molar-refractivity contribution < 1.29 is 84.7 Å². The lowest BCUT2D eigenvalue weighted by molar-refractivity contribution is -0.137. The van der Waals surface area contributed by atoms with Crippen LogP contribution in [0, 0.1) is 0 Å². The summed E-state index contributed by atoms with van der Waals surface area (Å²) in [6.45, 7) is 13.0. The molecule has 0 radical (unpaired) electrons. The van der Waals surface area contributed by atoms with Crippen LogP contribution in [0.5, 0.6) is 0 Å². The summed E-state index contributed by atoms with van der Waals surface area (Å²) in [6.07, 6.45) is 1.45. The Hall–Kier alpha value is -5.22. The molecule has 1 aliphatic rings. The number of hydrogen-bond donors (Lipinski definition) is 4. The number of aliphatic hydroxyl groups excluding tert-OH is 1. The van der Waals surface area contributed by atoms with Gasteiger partial charge in [0.15, 0.2) is 0 Å². The lowest BCUT2D eigenvalue weighted by atomic mass is 10.0. The Bertz CT molecular complexity index is 2390. The van der Waals surface area contributed by atoms with Crippen LogP contribution in [0.15, 0.2) is 85.1 Å². The van der Waals surface area contributed by atoms with E-state index in [4.69, 9.17) is 56.8 Å². The molecule has 3 aromatic carbocycles. The van der Waals surface area contributed by atoms with Crippen molar-refractivity contribution in [2.75, 3.05) is 189 Å². The average Bonchev–Trinajstić information content (AvgIpc) is 3.56. The highest BCUT2D eigenvalue weighted by molar-refractivity contribution is 6.06. The fourth-order valence-corrected chi connectivity index (χ4v) is 8.42. The summed E-state index contributed by atoms with van der Waals surface area (Å²) in [4.78, 5) is 34.0. The van der Waals surface area contributed by atoms with Gasteiger partial charge in [0, 0.05) is 74.9 Å². The third-order valence-corrected chi connectivity index (χ3v) is 12.9. The quantitative estimate of drug-likeness (QED) is 0.0259. The number of methoxy groups -OCH3 is 1. The number of benzene rings is 3. The Kier molecular flexibility index (Phi) is 35.9. The van der Waals surface area contributed by atoms with Crippen molar-refractivity contribution in [3.8, 4) is 11.3 Å². The maximum absolute atomic E-state index is 13.8. The Labute approximate surface area is 492 Å². The van der Waals surface area contributed by atoms with E-state index in [9.17, 15) is 27.9 Å². The predicted octanol–water partition coefficient (Wildman–Crippen LogP) is 7.00. The molecule has 0 saturated carbocycles. The molecule has 0 bridgehead atoms. The zero-order valence-electron chi connectivity index (χ0n) is 48.7. The van der Waals surface area contributed by atoms with Gasteiger partial charge in [-0.15, -0.1) is 0 Å². The Morgan fingerprint density at radius 3 is 1.68 bits per heavy atom. The number of hydrogen-bond acceptors (Lipinski definition) is 18. The first-order valence-electron chi connectivity index (χ1n) is 29.1. The summed E-state index contributed by atoms with van der Waals surface area (Å²) < 4.78 is 106. The molecule has 0 spiro atoms. The van der Waals surface area contributed by atoms with Gasteiger partial charge >= 0.3 is 6.18 Å². The van der Waals surface area contributed by atoms with E-state index >= 15 is 0 Å². The summed E-state index contributed by atoms with van der Waals surface area (Å²) in [7, 11) is 1.64. The van der Waals surface area contributed by atoms with Gasteiger partial charge in [-0.1, -0.05) is 24.3 Å². The van der Waals surface area contributed by atoms with E-state index in [1.165, 1.54) is 18.3 Å². The zero-order chi connectivity index (χ0) is 59.6. The van der Waals surface area contributed by atoms with Crippen LogP contribution in [0.4, 0.5) is 24.5 Å². The van der Waals surface area contributed by atoms with Crippen LogP contribution in [-0.2, 0) is 76.0 Å². The maximum Gasteiger partial charge on any atom is 0.416 e. The molecule has 20 nitrogen and oxygen atoms in total. The van der Waals surface area contributed by atoms with E-state index in [-0.39, 0.29) is 18.0 Å². The van der Waals surface area contributed by atoms with E-state index in [0.29, 0.717) is 199 Å². The Balaban J connectivity index is 0.836. The Morgan fingerprint density at radius 2 is 1.10 bits per heavy atom. The summed E-state index contributed by atoms with van der Waals surface area (Å²) in [5.41, 5.74) is 3.81. The summed E-state index contributed by atoms with van der Waals surface area (Å²) in [5, 5.41) is 19.0. The lowest BCUT2D eigenvalue weighted by Gasteiger charge is -2.29. The van der Waals surface area contributed by atoms with Gasteiger partial charge in [0.1, 0.15) is 6.23 Å². The topological polar surface area (TPSA) is 217 Å². The molecule has 0 aliphatic carbocycles. The molecule has 4 N–H and O–H groups in total. The molecule has 23 heteroatoms. The monoisotopic (exact) mass is 1190 g/mol. The highest BCUT2D eigenvalue weighted by Gasteiger charge is 2.30. The SMILES string of the molecule is COCCOCCOCCOCCOCCOCCOCCOCCNC(O)CCOCCOCCOCCOCCCc1cccc(C(=O)Nc2ccc(N3CCCCC3)cc2-c2cc(C(=O)NCc3cccc(C(F)(F)F)c3)ccn2)c1. The second-order valence-electron chi connectivity index (χ2n) is 19.3. The Morgan fingerprint density at radius 1 is 0.571 bits per heavy atom. The number of nitrogens with one attached hydrogen (secondary N) is 3. The third kappa shape index (κ3) is 30.2. The van der Waals surface area contributed by atoms with E-state index in [1.54, 1.807) is 25.3 Å². The third-order valence-electron chi connectivity index (χ3n) is 12.9. The van der Waals surface area contributed by atoms with Crippen LogP contribution >= 0.6 is 0 Å². The van der Waals surface area contributed by atoms with Crippen molar-refractivity contribution in [3.63, 3.8) is 0 Å². The van der Waals surface area contributed by atoms with Crippen molar-refractivity contribution >= 4 is 23.2 Å². The number of ether oxygens (including phenoxy) is 12. The molecule has 1 aromatic heterocycles. The number of aromatic nitrogens is 1. The van der Waals surface area contributed by atoms with E-state index in [1.807, 2.05) is 36.4 Å². The summed E-state index contributed by atoms with van der Waals surface area (Å²) >= 11 is 0. The fourth-order valence-electron chi connectivity index (χ4n) is 8.42. The van der Waals surface area contributed by atoms with Crippen molar-refractivity contribution in [2.45, 2.75) is 57.5 Å². The van der Waals surface area contributed by atoms with Crippen LogP contribution in [-0.4, -0.2) is 207 Å². The molecule has 1 unspecified atom stereocenters. The molecular weight excluding hydrogens is 1100 g/mol. The molecular formula is C61H88F3N5O15. The summed E-state index contributed by atoms with van der Waals surface area (Å²) in [5.74, 6) is -0.785. The molecule has 1 atom stereocenters. The first-order chi connectivity index (χ1) is 41.1. The number of aliphatic hydroxyl groups is 1. The highest BCUT2D eigenvalue weighted by Crippen LogP contribution is 2.34. The molecule has 84 heavy (non-hydrogen) atoms. The maximum atomic E-state index is 13.8. The smallest absolute Gasteiger partial charge is 0.382 e. The van der Waals surface area contributed by atoms with Crippen molar-refractivity contribution in [1.29, 1.82) is 0 Å². The molecule has 468 valence electrons. The van der Waals surface area contributed by atoms with Crippen LogP contribution in [0.1, 0.15) is 69.5 Å². The zero-order valence-corrected chi connectivity index (χ0v) is 48.7. The molecule has 1 fully saturated rings. The minimum atomic E-state index is -4.50. The van der Waals surface area contributed by atoms with Crippen LogP contribution in [0.3, 0.4) is 0 Å². The van der Waals surface area contributed by atoms with Gasteiger partial charge in [-0.25, -0.2) is 0 Å². The number of alkyl halides is 3. The van der Waals surface area contributed by atoms with Crippen LogP contribution in [0.25, 0.3) is 11.3 Å². The number of aryl methyl sites for hydroxylation is 1. The van der Waals surface area contributed by atoms with Crippen molar-refractivity contribution in [1.82, 2.24) is 15.6 Å². The largest absolute Gasteiger partial charge is 0.416 e. The minimum absolute atomic E-state index is 0.0981.